The SMILES string of the molecule is Cc1ccc2c(n1)OC1(C[C@@H](C(N)=O)N(C(=O)O)C1)C(=O)N2. The fraction of sp³-hybridized carbons (Fsp3) is 0.385. The van der Waals surface area contributed by atoms with E-state index in [9.17, 15) is 19.5 Å². The Bertz CT molecular complexity index is 667. The first-order valence-electron chi connectivity index (χ1n) is 6.59. The minimum atomic E-state index is -1.49. The fourth-order valence-corrected chi connectivity index (χ4v) is 2.74. The summed E-state index contributed by atoms with van der Waals surface area (Å²) in [6, 6.07) is 2.25. The number of nitrogens with zero attached hydrogens (tertiary/aromatic N) is 2. The number of amides is 3. The maximum absolute atomic E-state index is 12.4. The van der Waals surface area contributed by atoms with Crippen LogP contribution in [-0.2, 0) is 9.59 Å². The molecule has 9 nitrogen and oxygen atoms in total. The molecule has 0 saturated carbocycles. The Morgan fingerprint density at radius 1 is 1.55 bits per heavy atom. The largest absolute Gasteiger partial charge is 0.465 e. The van der Waals surface area contributed by atoms with Crippen molar-refractivity contribution in [2.24, 2.45) is 5.73 Å². The molecule has 0 bridgehead atoms. The number of carboxylic acid groups (broad SMARTS) is 1. The highest BCUT2D eigenvalue weighted by Gasteiger charge is 2.57. The molecule has 1 saturated heterocycles. The van der Waals surface area contributed by atoms with Crippen LogP contribution in [0.5, 0.6) is 5.88 Å². The van der Waals surface area contributed by atoms with Crippen molar-refractivity contribution in [3.8, 4) is 5.88 Å². The molecule has 2 aliphatic rings. The highest BCUT2D eigenvalue weighted by molar-refractivity contribution is 6.02. The fourth-order valence-electron chi connectivity index (χ4n) is 2.74. The molecule has 1 fully saturated rings. The van der Waals surface area contributed by atoms with E-state index in [-0.39, 0.29) is 18.8 Å². The summed E-state index contributed by atoms with van der Waals surface area (Å²) in [6.45, 7) is 1.48. The molecule has 0 aliphatic carbocycles. The summed E-state index contributed by atoms with van der Waals surface area (Å²) < 4.78 is 5.70. The summed E-state index contributed by atoms with van der Waals surface area (Å²) >= 11 is 0. The number of aromatic nitrogens is 1. The highest BCUT2D eigenvalue weighted by Crippen LogP contribution is 2.39. The van der Waals surface area contributed by atoms with Crippen molar-refractivity contribution < 1.29 is 24.2 Å². The van der Waals surface area contributed by atoms with Gasteiger partial charge in [-0.2, -0.15) is 0 Å². The molecule has 3 heterocycles. The van der Waals surface area contributed by atoms with E-state index in [0.29, 0.717) is 11.4 Å². The topological polar surface area (TPSA) is 135 Å². The second-order valence-electron chi connectivity index (χ2n) is 5.39. The third kappa shape index (κ3) is 2.01. The van der Waals surface area contributed by atoms with E-state index in [1.807, 2.05) is 0 Å². The van der Waals surface area contributed by atoms with Crippen LogP contribution in [0, 0.1) is 6.92 Å². The number of likely N-dealkylation sites (tertiary alicyclic amines) is 1. The molecule has 0 radical (unpaired) electrons. The van der Waals surface area contributed by atoms with Crippen molar-refractivity contribution in [1.29, 1.82) is 0 Å². The van der Waals surface area contributed by atoms with E-state index >= 15 is 0 Å². The number of hydrogen-bond acceptors (Lipinski definition) is 5. The molecule has 1 aromatic rings. The Hall–Kier alpha value is -2.84. The summed E-state index contributed by atoms with van der Waals surface area (Å²) in [5.74, 6) is -1.13. The summed E-state index contributed by atoms with van der Waals surface area (Å²) in [6.07, 6.45) is -1.48. The molecule has 4 N–H and O–H groups in total. The second kappa shape index (κ2) is 4.58. The molecule has 1 aromatic heterocycles. The van der Waals surface area contributed by atoms with E-state index in [4.69, 9.17) is 10.5 Å². The van der Waals surface area contributed by atoms with Gasteiger partial charge in [-0.15, -0.1) is 0 Å². The first-order valence-corrected chi connectivity index (χ1v) is 6.59. The van der Waals surface area contributed by atoms with Crippen LogP contribution in [0.3, 0.4) is 0 Å². The number of fused-ring (bicyclic) bond motifs is 1. The van der Waals surface area contributed by atoms with Gasteiger partial charge in [0.1, 0.15) is 11.7 Å². The number of primary amides is 1. The van der Waals surface area contributed by atoms with E-state index in [1.165, 1.54) is 0 Å². The zero-order valence-electron chi connectivity index (χ0n) is 11.7. The van der Waals surface area contributed by atoms with E-state index in [1.54, 1.807) is 19.1 Å². The molecule has 2 aliphatic heterocycles. The van der Waals surface area contributed by atoms with Gasteiger partial charge in [0.05, 0.1) is 6.54 Å². The number of ether oxygens (including phenoxy) is 1. The zero-order chi connectivity index (χ0) is 16.1. The second-order valence-corrected chi connectivity index (χ2v) is 5.39. The van der Waals surface area contributed by atoms with Gasteiger partial charge < -0.3 is 20.9 Å². The van der Waals surface area contributed by atoms with Crippen LogP contribution >= 0.6 is 0 Å². The molecule has 3 amide bonds. The van der Waals surface area contributed by atoms with Gasteiger partial charge in [-0.1, -0.05) is 0 Å². The molecular formula is C13H14N4O5. The highest BCUT2D eigenvalue weighted by atomic mass is 16.5. The van der Waals surface area contributed by atoms with Crippen molar-refractivity contribution in [3.05, 3.63) is 17.8 Å². The maximum Gasteiger partial charge on any atom is 0.408 e. The number of nitrogens with two attached hydrogens (primary N) is 1. The molecule has 116 valence electrons. The van der Waals surface area contributed by atoms with Gasteiger partial charge in [0, 0.05) is 12.1 Å². The van der Waals surface area contributed by atoms with Crippen molar-refractivity contribution in [3.63, 3.8) is 0 Å². The molecule has 3 rings (SSSR count). The van der Waals surface area contributed by atoms with Crippen LogP contribution in [0.4, 0.5) is 10.5 Å². The lowest BCUT2D eigenvalue weighted by Crippen LogP contribution is -2.53. The minimum Gasteiger partial charge on any atom is -0.465 e. The van der Waals surface area contributed by atoms with E-state index in [2.05, 4.69) is 10.3 Å². The van der Waals surface area contributed by atoms with Gasteiger partial charge in [0.15, 0.2) is 0 Å². The normalized spacial score (nSPS) is 26.3. The Morgan fingerprint density at radius 2 is 2.27 bits per heavy atom. The molecule has 9 heteroatoms. The summed E-state index contributed by atoms with van der Waals surface area (Å²) in [5, 5.41) is 11.8. The average molecular weight is 306 g/mol. The number of aryl methyl sites for hydroxylation is 1. The molecule has 22 heavy (non-hydrogen) atoms. The zero-order valence-corrected chi connectivity index (χ0v) is 11.7. The molecular weight excluding hydrogens is 292 g/mol. The van der Waals surface area contributed by atoms with E-state index < -0.39 is 29.6 Å². The number of anilines is 1. The number of carbonyl (C=O) groups excluding carboxylic acids is 2. The summed E-state index contributed by atoms with van der Waals surface area (Å²) in [7, 11) is 0. The lowest BCUT2D eigenvalue weighted by atomic mass is 9.97. The van der Waals surface area contributed by atoms with Gasteiger partial charge >= 0.3 is 6.09 Å². The minimum absolute atomic E-state index is 0.143. The Morgan fingerprint density at radius 3 is 2.86 bits per heavy atom. The number of rotatable bonds is 1. The molecule has 1 unspecified atom stereocenters. The van der Waals surface area contributed by atoms with Gasteiger partial charge in [-0.05, 0) is 19.1 Å². The monoisotopic (exact) mass is 306 g/mol. The number of nitrogens with one attached hydrogen (secondary N) is 1. The number of pyridine rings is 1. The van der Waals surface area contributed by atoms with Crippen molar-refractivity contribution in [2.75, 3.05) is 11.9 Å². The molecule has 1 spiro atoms. The quantitative estimate of drug-likeness (QED) is 0.651. The van der Waals surface area contributed by atoms with Crippen molar-refractivity contribution in [1.82, 2.24) is 9.88 Å². The van der Waals surface area contributed by atoms with Crippen LogP contribution in [0.15, 0.2) is 12.1 Å². The third-order valence-electron chi connectivity index (χ3n) is 3.85. The Balaban J connectivity index is 1.99. The number of carbonyl (C=O) groups is 3. The smallest absolute Gasteiger partial charge is 0.408 e. The van der Waals surface area contributed by atoms with Gasteiger partial charge in [-0.25, -0.2) is 9.78 Å². The average Bonchev–Trinajstić information content (AvgIpc) is 2.82. The lowest BCUT2D eigenvalue weighted by molar-refractivity contribution is -0.131. The lowest BCUT2D eigenvalue weighted by Gasteiger charge is -2.33. The van der Waals surface area contributed by atoms with Crippen molar-refractivity contribution in [2.45, 2.75) is 25.0 Å². The summed E-state index contributed by atoms with van der Waals surface area (Å²) in [5.41, 5.74) is 4.83. The van der Waals surface area contributed by atoms with Crippen molar-refractivity contribution >= 4 is 23.6 Å². The van der Waals surface area contributed by atoms with Gasteiger partial charge in [-0.3, -0.25) is 14.5 Å². The third-order valence-corrected chi connectivity index (χ3v) is 3.85. The predicted molar refractivity (Wildman–Crippen MR) is 73.3 cm³/mol. The van der Waals surface area contributed by atoms with Gasteiger partial charge in [0.25, 0.3) is 5.91 Å². The van der Waals surface area contributed by atoms with Crippen LogP contribution in [0.2, 0.25) is 0 Å². The Labute approximate surface area is 125 Å². The van der Waals surface area contributed by atoms with Crippen LogP contribution in [-0.4, -0.2) is 51.1 Å². The molecule has 2 atom stereocenters. The van der Waals surface area contributed by atoms with Crippen LogP contribution in [0.1, 0.15) is 12.1 Å². The maximum atomic E-state index is 12.4. The predicted octanol–water partition coefficient (Wildman–Crippen LogP) is -0.303. The summed E-state index contributed by atoms with van der Waals surface area (Å²) in [4.78, 5) is 40.1. The van der Waals surface area contributed by atoms with Gasteiger partial charge in [0.2, 0.25) is 17.4 Å². The first-order chi connectivity index (χ1) is 10.3. The molecule has 0 aromatic carbocycles. The standard InChI is InChI=1S/C13H14N4O5/c1-6-2-3-7-10(15-6)22-13(11(19)16-7)4-8(9(14)18)17(5-13)12(20)21/h2-3,8H,4-5H2,1H3,(H2,14,18)(H,16,19)(H,20,21)/t8-,13?/m0/s1. The number of hydrogen-bond donors (Lipinski definition) is 3. The van der Waals surface area contributed by atoms with E-state index in [0.717, 1.165) is 4.90 Å². The first kappa shape index (κ1) is 14.1. The van der Waals surface area contributed by atoms with Crippen LogP contribution < -0.4 is 15.8 Å². The van der Waals surface area contributed by atoms with Crippen LogP contribution in [0.25, 0.3) is 0 Å². The Kier molecular flexibility index (Phi) is 2.94.